The molecule has 0 spiro atoms. The highest BCUT2D eigenvalue weighted by Gasteiger charge is 2.23. The van der Waals surface area contributed by atoms with E-state index in [0.29, 0.717) is 39.2 Å². The van der Waals surface area contributed by atoms with E-state index in [4.69, 9.17) is 15.3 Å². The minimum atomic E-state index is -0.705. The number of rotatable bonds is 5. The minimum Gasteiger partial charge on any atom is -0.456 e. The lowest BCUT2D eigenvalue weighted by Gasteiger charge is -2.20. The van der Waals surface area contributed by atoms with Crippen LogP contribution in [0, 0.1) is 22.7 Å². The van der Waals surface area contributed by atoms with Crippen LogP contribution in [0.15, 0.2) is 79.1 Å². The Morgan fingerprint density at radius 3 is 1.79 bits per heavy atom. The molecule has 0 N–H and O–H groups in total. The lowest BCUT2D eigenvalue weighted by Crippen LogP contribution is -2.24. The van der Waals surface area contributed by atoms with Gasteiger partial charge in [-0.3, -0.25) is 0 Å². The predicted molar refractivity (Wildman–Crippen MR) is 142 cm³/mol. The summed E-state index contributed by atoms with van der Waals surface area (Å²) in [6, 6.07) is 23.4. The third kappa shape index (κ3) is 5.41. The first-order valence-electron chi connectivity index (χ1n) is 12.0. The van der Waals surface area contributed by atoms with Gasteiger partial charge in [-0.1, -0.05) is 22.6 Å². The van der Waals surface area contributed by atoms with Gasteiger partial charge in [0, 0.05) is 11.1 Å². The molecule has 0 saturated carbocycles. The fourth-order valence-corrected chi connectivity index (χ4v) is 3.84. The molecular weight excluding hydrogens is 492 g/mol. The maximum atomic E-state index is 13.3. The summed E-state index contributed by atoms with van der Waals surface area (Å²) in [4.78, 5) is 13.3. The third-order valence-electron chi connectivity index (χ3n) is 5.72. The van der Waals surface area contributed by atoms with Crippen molar-refractivity contribution in [3.05, 3.63) is 95.8 Å². The molecule has 0 bridgehead atoms. The van der Waals surface area contributed by atoms with Crippen molar-refractivity contribution in [3.8, 4) is 46.0 Å². The van der Waals surface area contributed by atoms with E-state index in [1.165, 1.54) is 0 Å². The standard InChI is InChI=1S/C29H22N8O2/c1-29(2,3)39-28(38)25-14-21(26-17-36(34-32-26)22-9-4-19(15-30)5-10-22)8-13-24(25)27-18-37(35-33-27)23-11-6-20(16-31)7-12-23/h4-14,17-18H,1-3H3. The lowest BCUT2D eigenvalue weighted by atomic mass is 10.00. The van der Waals surface area contributed by atoms with Gasteiger partial charge < -0.3 is 4.74 Å². The van der Waals surface area contributed by atoms with Gasteiger partial charge in [-0.2, -0.15) is 10.5 Å². The largest absolute Gasteiger partial charge is 0.456 e. The number of hydrogen-bond donors (Lipinski definition) is 0. The number of hydrogen-bond acceptors (Lipinski definition) is 8. The molecule has 39 heavy (non-hydrogen) atoms. The van der Waals surface area contributed by atoms with Crippen LogP contribution >= 0.6 is 0 Å². The molecule has 0 radical (unpaired) electrons. The van der Waals surface area contributed by atoms with Crippen LogP contribution < -0.4 is 0 Å². The van der Waals surface area contributed by atoms with Crippen LogP contribution in [0.4, 0.5) is 0 Å². The van der Waals surface area contributed by atoms with Crippen LogP contribution in [0.3, 0.4) is 0 Å². The monoisotopic (exact) mass is 514 g/mol. The predicted octanol–water partition coefficient (Wildman–Crippen LogP) is 4.88. The molecule has 0 aliphatic rings. The first kappa shape index (κ1) is 25.1. The molecule has 2 heterocycles. The van der Waals surface area contributed by atoms with E-state index in [2.05, 4.69) is 32.8 Å². The molecule has 10 nitrogen and oxygen atoms in total. The number of benzene rings is 3. The van der Waals surface area contributed by atoms with Crippen molar-refractivity contribution in [2.75, 3.05) is 0 Å². The van der Waals surface area contributed by atoms with Gasteiger partial charge in [0.1, 0.15) is 17.0 Å². The Balaban J connectivity index is 1.52. The molecular formula is C29H22N8O2. The SMILES string of the molecule is CC(C)(C)OC(=O)c1cc(-c2cn(-c3ccc(C#N)cc3)nn2)ccc1-c1cn(-c2ccc(C#N)cc2)nn1. The van der Waals surface area contributed by atoms with Gasteiger partial charge >= 0.3 is 5.97 Å². The van der Waals surface area contributed by atoms with Crippen molar-refractivity contribution in [2.24, 2.45) is 0 Å². The summed E-state index contributed by atoms with van der Waals surface area (Å²) in [6.45, 7) is 5.41. The number of nitriles is 2. The average molecular weight is 515 g/mol. The van der Waals surface area contributed by atoms with E-state index in [9.17, 15) is 4.79 Å². The number of ether oxygens (including phenoxy) is 1. The van der Waals surface area contributed by atoms with Gasteiger partial charge in [-0.15, -0.1) is 10.2 Å². The van der Waals surface area contributed by atoms with Crippen molar-refractivity contribution >= 4 is 5.97 Å². The zero-order chi connectivity index (χ0) is 27.6. The first-order chi connectivity index (χ1) is 18.7. The van der Waals surface area contributed by atoms with Crippen LogP contribution in [-0.4, -0.2) is 41.6 Å². The van der Waals surface area contributed by atoms with E-state index in [-0.39, 0.29) is 0 Å². The van der Waals surface area contributed by atoms with Gasteiger partial charge in [0.25, 0.3) is 0 Å². The molecule has 2 aromatic heterocycles. The highest BCUT2D eigenvalue weighted by Crippen LogP contribution is 2.29. The van der Waals surface area contributed by atoms with Crippen molar-refractivity contribution in [3.63, 3.8) is 0 Å². The van der Waals surface area contributed by atoms with Crippen molar-refractivity contribution in [1.29, 1.82) is 10.5 Å². The normalized spacial score (nSPS) is 11.0. The van der Waals surface area contributed by atoms with Gasteiger partial charge in [-0.25, -0.2) is 14.2 Å². The Morgan fingerprint density at radius 1 is 0.769 bits per heavy atom. The maximum Gasteiger partial charge on any atom is 0.339 e. The Morgan fingerprint density at radius 2 is 1.28 bits per heavy atom. The highest BCUT2D eigenvalue weighted by atomic mass is 16.6. The number of aromatic nitrogens is 6. The van der Waals surface area contributed by atoms with Crippen molar-refractivity contribution in [1.82, 2.24) is 30.0 Å². The number of nitrogens with zero attached hydrogens (tertiary/aromatic N) is 8. The van der Waals surface area contributed by atoms with E-state index >= 15 is 0 Å². The summed E-state index contributed by atoms with van der Waals surface area (Å²) in [5, 5.41) is 35.1. The van der Waals surface area contributed by atoms with Crippen LogP contribution in [0.5, 0.6) is 0 Å². The van der Waals surface area contributed by atoms with Gasteiger partial charge in [0.05, 0.1) is 52.6 Å². The second kappa shape index (κ2) is 10.0. The molecule has 0 aliphatic carbocycles. The molecule has 0 amide bonds. The summed E-state index contributed by atoms with van der Waals surface area (Å²) < 4.78 is 8.87. The van der Waals surface area contributed by atoms with E-state index in [0.717, 1.165) is 11.4 Å². The Bertz CT molecular complexity index is 1750. The van der Waals surface area contributed by atoms with Crippen LogP contribution in [-0.2, 0) is 4.74 Å². The number of carbonyl (C=O) groups is 1. The summed E-state index contributed by atoms with van der Waals surface area (Å²) in [5.41, 5.74) is 4.41. The van der Waals surface area contributed by atoms with E-state index in [1.807, 2.05) is 6.07 Å². The molecule has 0 fully saturated rings. The molecule has 5 rings (SSSR count). The summed E-state index contributed by atoms with van der Waals surface area (Å²) in [5.74, 6) is -0.508. The fourth-order valence-electron chi connectivity index (χ4n) is 3.84. The summed E-state index contributed by atoms with van der Waals surface area (Å²) in [6.07, 6.45) is 3.46. The van der Waals surface area contributed by atoms with Crippen LogP contribution in [0.1, 0.15) is 42.3 Å². The van der Waals surface area contributed by atoms with Gasteiger partial charge in [-0.05, 0) is 75.4 Å². The Labute approximate surface area is 224 Å². The zero-order valence-corrected chi connectivity index (χ0v) is 21.4. The fraction of sp³-hybridized carbons (Fsp3) is 0.138. The van der Waals surface area contributed by atoms with E-state index in [1.54, 1.807) is 103 Å². The second-order valence-corrected chi connectivity index (χ2v) is 9.68. The zero-order valence-electron chi connectivity index (χ0n) is 21.4. The Hall–Kier alpha value is -5.61. The molecule has 0 saturated heterocycles. The van der Waals surface area contributed by atoms with Crippen LogP contribution in [0.2, 0.25) is 0 Å². The van der Waals surface area contributed by atoms with Gasteiger partial charge in [0.15, 0.2) is 0 Å². The second-order valence-electron chi connectivity index (χ2n) is 9.68. The molecule has 3 aromatic carbocycles. The van der Waals surface area contributed by atoms with Crippen molar-refractivity contribution in [2.45, 2.75) is 26.4 Å². The first-order valence-corrected chi connectivity index (χ1v) is 12.0. The smallest absolute Gasteiger partial charge is 0.339 e. The third-order valence-corrected chi connectivity index (χ3v) is 5.72. The molecule has 10 heteroatoms. The average Bonchev–Trinajstić information content (AvgIpc) is 3.63. The molecule has 190 valence electrons. The molecule has 5 aromatic rings. The number of esters is 1. The highest BCUT2D eigenvalue weighted by molar-refractivity contribution is 5.98. The van der Waals surface area contributed by atoms with Crippen molar-refractivity contribution < 1.29 is 9.53 Å². The van der Waals surface area contributed by atoms with Crippen LogP contribution in [0.25, 0.3) is 33.9 Å². The lowest BCUT2D eigenvalue weighted by molar-refractivity contribution is 0.00704. The quantitative estimate of drug-likeness (QED) is 0.303. The van der Waals surface area contributed by atoms with E-state index < -0.39 is 11.6 Å². The summed E-state index contributed by atoms with van der Waals surface area (Å²) in [7, 11) is 0. The minimum absolute atomic E-state index is 0.308. The molecule has 0 aliphatic heterocycles. The topological polar surface area (TPSA) is 135 Å². The maximum absolute atomic E-state index is 13.3. The Kier molecular flexibility index (Phi) is 6.45. The summed E-state index contributed by atoms with van der Waals surface area (Å²) >= 11 is 0. The molecule has 0 atom stereocenters. The van der Waals surface area contributed by atoms with Gasteiger partial charge in [0.2, 0.25) is 0 Å². The number of carbonyl (C=O) groups excluding carboxylic acids is 1. The molecule has 0 unspecified atom stereocenters.